The molecule has 0 aliphatic carbocycles. The van der Waals surface area contributed by atoms with Crippen molar-refractivity contribution in [2.24, 2.45) is 0 Å². The molecule has 0 saturated heterocycles. The Morgan fingerprint density at radius 1 is 0.710 bits per heavy atom. The fourth-order valence-corrected chi connectivity index (χ4v) is 3.93. The van der Waals surface area contributed by atoms with E-state index < -0.39 is 12.0 Å². The van der Waals surface area contributed by atoms with E-state index >= 15 is 0 Å². The third kappa shape index (κ3) is 21.7. The normalized spacial score (nSPS) is 11.9. The molecule has 0 bridgehead atoms. The Kier molecular flexibility index (Phi) is 21.0. The summed E-state index contributed by atoms with van der Waals surface area (Å²) in [6.45, 7) is 7.93. The summed E-state index contributed by atoms with van der Waals surface area (Å²) in [6, 6.07) is -0.796. The van der Waals surface area contributed by atoms with Gasteiger partial charge in [-0.05, 0) is 26.2 Å². The van der Waals surface area contributed by atoms with E-state index in [9.17, 15) is 14.7 Å². The first-order valence-corrected chi connectivity index (χ1v) is 13.1. The highest BCUT2D eigenvalue weighted by molar-refractivity contribution is 5.83. The van der Waals surface area contributed by atoms with E-state index in [1.165, 1.54) is 96.3 Å². The maximum atomic E-state index is 12.0. The van der Waals surface area contributed by atoms with Crippen molar-refractivity contribution >= 4 is 11.9 Å². The molecule has 0 aromatic rings. The van der Waals surface area contributed by atoms with Crippen LogP contribution in [0.15, 0.2) is 12.2 Å². The van der Waals surface area contributed by atoms with Crippen molar-refractivity contribution in [2.45, 2.75) is 148 Å². The van der Waals surface area contributed by atoms with Crippen molar-refractivity contribution in [3.05, 3.63) is 12.2 Å². The van der Waals surface area contributed by atoms with Crippen molar-refractivity contribution in [1.29, 1.82) is 0 Å². The average molecular weight is 438 g/mol. The van der Waals surface area contributed by atoms with Gasteiger partial charge in [-0.15, -0.1) is 6.58 Å². The average Bonchev–Trinajstić information content (AvgIpc) is 2.73. The van der Waals surface area contributed by atoms with E-state index in [4.69, 9.17) is 0 Å². The number of carbonyl (C=O) groups is 2. The maximum Gasteiger partial charge on any atom is 0.326 e. The van der Waals surface area contributed by atoms with E-state index in [1.807, 2.05) is 6.92 Å². The first kappa shape index (κ1) is 29.7. The van der Waals surface area contributed by atoms with Gasteiger partial charge in [0.15, 0.2) is 0 Å². The van der Waals surface area contributed by atoms with Crippen LogP contribution in [0.25, 0.3) is 0 Å². The number of unbranched alkanes of at least 4 members (excludes halogenated alkanes) is 16. The number of amides is 1. The van der Waals surface area contributed by atoms with Crippen LogP contribution in [0.3, 0.4) is 0 Å². The van der Waals surface area contributed by atoms with E-state index in [0.717, 1.165) is 18.4 Å². The Morgan fingerprint density at radius 3 is 1.45 bits per heavy atom. The minimum atomic E-state index is -0.961. The molecule has 0 aromatic heterocycles. The van der Waals surface area contributed by atoms with Gasteiger partial charge in [-0.1, -0.05) is 115 Å². The Bertz CT molecular complexity index is 461. The number of allylic oxidation sites excluding steroid dienone is 1. The van der Waals surface area contributed by atoms with E-state index in [2.05, 4.69) is 18.8 Å². The summed E-state index contributed by atoms with van der Waals surface area (Å²) in [5, 5.41) is 11.9. The SMILES string of the molecule is C=C(C)CCC(NC(=O)CCCCCCCCCCCCCCCCCCC)C(=O)O. The van der Waals surface area contributed by atoms with Crippen LogP contribution in [0.5, 0.6) is 0 Å². The van der Waals surface area contributed by atoms with Crippen LogP contribution < -0.4 is 5.32 Å². The summed E-state index contributed by atoms with van der Waals surface area (Å²) in [5.41, 5.74) is 0.939. The molecule has 0 spiro atoms. The second kappa shape index (κ2) is 21.9. The minimum absolute atomic E-state index is 0.143. The molecule has 182 valence electrons. The molecule has 0 rings (SSSR count). The van der Waals surface area contributed by atoms with Crippen molar-refractivity contribution in [2.75, 3.05) is 0 Å². The van der Waals surface area contributed by atoms with Gasteiger partial charge in [0.05, 0.1) is 0 Å². The molecule has 1 atom stereocenters. The quantitative estimate of drug-likeness (QED) is 0.126. The van der Waals surface area contributed by atoms with Crippen LogP contribution in [0.2, 0.25) is 0 Å². The second-order valence-electron chi connectivity index (χ2n) is 9.36. The van der Waals surface area contributed by atoms with Crippen LogP contribution in [0, 0.1) is 0 Å². The molecule has 0 heterocycles. The number of carbonyl (C=O) groups excluding carboxylic acids is 1. The second-order valence-corrected chi connectivity index (χ2v) is 9.36. The topological polar surface area (TPSA) is 66.4 Å². The number of nitrogens with one attached hydrogen (secondary N) is 1. The molecular weight excluding hydrogens is 386 g/mol. The minimum Gasteiger partial charge on any atom is -0.480 e. The highest BCUT2D eigenvalue weighted by Gasteiger charge is 2.19. The number of hydrogen-bond acceptors (Lipinski definition) is 2. The fourth-order valence-electron chi connectivity index (χ4n) is 3.93. The zero-order valence-electron chi connectivity index (χ0n) is 20.7. The van der Waals surface area contributed by atoms with Gasteiger partial charge in [0.25, 0.3) is 0 Å². The lowest BCUT2D eigenvalue weighted by molar-refractivity contribution is -0.142. The fraction of sp³-hybridized carbons (Fsp3) is 0.852. The number of carboxylic acids is 1. The molecule has 4 heteroatoms. The van der Waals surface area contributed by atoms with Crippen LogP contribution in [0.4, 0.5) is 0 Å². The Hall–Kier alpha value is -1.32. The van der Waals surface area contributed by atoms with Crippen LogP contribution in [-0.2, 0) is 9.59 Å². The molecular formula is C27H51NO3. The van der Waals surface area contributed by atoms with Gasteiger partial charge in [-0.2, -0.15) is 0 Å². The van der Waals surface area contributed by atoms with Crippen molar-refractivity contribution in [3.63, 3.8) is 0 Å². The molecule has 1 amide bonds. The Labute approximate surface area is 192 Å². The van der Waals surface area contributed by atoms with Gasteiger partial charge < -0.3 is 10.4 Å². The van der Waals surface area contributed by atoms with E-state index in [0.29, 0.717) is 19.3 Å². The molecule has 4 nitrogen and oxygen atoms in total. The number of aliphatic carboxylic acids is 1. The van der Waals surface area contributed by atoms with Crippen molar-refractivity contribution in [3.8, 4) is 0 Å². The highest BCUT2D eigenvalue weighted by atomic mass is 16.4. The summed E-state index contributed by atoms with van der Waals surface area (Å²) < 4.78 is 0. The lowest BCUT2D eigenvalue weighted by Gasteiger charge is -2.14. The third-order valence-electron chi connectivity index (χ3n) is 6.00. The number of rotatable bonds is 23. The summed E-state index contributed by atoms with van der Waals surface area (Å²) in [7, 11) is 0. The molecule has 0 aromatic carbocycles. The molecule has 0 aliphatic rings. The van der Waals surface area contributed by atoms with Crippen LogP contribution in [0.1, 0.15) is 142 Å². The highest BCUT2D eigenvalue weighted by Crippen LogP contribution is 2.14. The van der Waals surface area contributed by atoms with Crippen molar-refractivity contribution < 1.29 is 14.7 Å². The van der Waals surface area contributed by atoms with Crippen LogP contribution in [-0.4, -0.2) is 23.0 Å². The molecule has 2 N–H and O–H groups in total. The first-order valence-electron chi connectivity index (χ1n) is 13.1. The zero-order chi connectivity index (χ0) is 23.2. The van der Waals surface area contributed by atoms with E-state index in [1.54, 1.807) is 0 Å². The van der Waals surface area contributed by atoms with Crippen molar-refractivity contribution in [1.82, 2.24) is 5.32 Å². The van der Waals surface area contributed by atoms with Crippen LogP contribution >= 0.6 is 0 Å². The van der Waals surface area contributed by atoms with Gasteiger partial charge >= 0.3 is 5.97 Å². The summed E-state index contributed by atoms with van der Waals surface area (Å²) in [5.74, 6) is -1.10. The van der Waals surface area contributed by atoms with Gasteiger partial charge in [-0.3, -0.25) is 4.79 Å². The first-order chi connectivity index (χ1) is 15.0. The largest absolute Gasteiger partial charge is 0.480 e. The van der Waals surface area contributed by atoms with Gasteiger partial charge in [0.2, 0.25) is 5.91 Å². The molecule has 0 fully saturated rings. The summed E-state index contributed by atoms with van der Waals surface area (Å²) >= 11 is 0. The lowest BCUT2D eigenvalue weighted by Crippen LogP contribution is -2.40. The standard InChI is InChI=1S/C27H51NO3/c1-4-5-6-7-8-9-10-11-12-13-14-15-16-17-18-19-20-21-26(29)28-25(27(30)31)23-22-24(2)3/h25H,2,4-23H2,1,3H3,(H,28,29)(H,30,31). The molecule has 1 unspecified atom stereocenters. The Balaban J connectivity index is 3.41. The monoisotopic (exact) mass is 437 g/mol. The van der Waals surface area contributed by atoms with E-state index in [-0.39, 0.29) is 5.91 Å². The molecule has 0 aliphatic heterocycles. The summed E-state index contributed by atoms with van der Waals surface area (Å²) in [4.78, 5) is 23.2. The molecule has 0 radical (unpaired) electrons. The smallest absolute Gasteiger partial charge is 0.326 e. The van der Waals surface area contributed by atoms with Gasteiger partial charge in [0.1, 0.15) is 6.04 Å². The van der Waals surface area contributed by atoms with Gasteiger partial charge in [-0.25, -0.2) is 4.79 Å². The summed E-state index contributed by atoms with van der Waals surface area (Å²) in [6.07, 6.45) is 23.8. The number of carboxylic acid groups (broad SMARTS) is 1. The Morgan fingerprint density at radius 2 is 1.10 bits per heavy atom. The van der Waals surface area contributed by atoms with Gasteiger partial charge in [0, 0.05) is 6.42 Å². The maximum absolute atomic E-state index is 12.0. The predicted molar refractivity (Wildman–Crippen MR) is 132 cm³/mol. The lowest BCUT2D eigenvalue weighted by atomic mass is 10.0. The third-order valence-corrected chi connectivity index (χ3v) is 6.00. The molecule has 0 saturated carbocycles. The number of hydrogen-bond donors (Lipinski definition) is 2. The zero-order valence-corrected chi connectivity index (χ0v) is 20.7. The molecule has 31 heavy (non-hydrogen) atoms. The predicted octanol–water partition coefficient (Wildman–Crippen LogP) is 7.95.